The summed E-state index contributed by atoms with van der Waals surface area (Å²) in [5.74, 6) is -0.205. The summed E-state index contributed by atoms with van der Waals surface area (Å²) in [6.45, 7) is 2.41. The minimum absolute atomic E-state index is 0.205. The van der Waals surface area contributed by atoms with Gasteiger partial charge in [0.25, 0.3) is 0 Å². The highest BCUT2D eigenvalue weighted by Crippen LogP contribution is 2.28. The summed E-state index contributed by atoms with van der Waals surface area (Å²) in [5, 5.41) is 10.0. The number of methoxy groups -OCH3 is 1. The van der Waals surface area contributed by atoms with Crippen molar-refractivity contribution in [2.24, 2.45) is 0 Å². The lowest BCUT2D eigenvalue weighted by atomic mass is 10.2. The van der Waals surface area contributed by atoms with Crippen LogP contribution in [0.15, 0.2) is 42.6 Å². The number of aliphatic hydroxyl groups excluding tert-OH is 1. The minimum Gasteiger partial charge on any atom is -0.389 e. The smallest absolute Gasteiger partial charge is 0.123 e. The van der Waals surface area contributed by atoms with Crippen molar-refractivity contribution in [3.8, 4) is 0 Å². The Kier molecular flexibility index (Phi) is 5.66. The van der Waals surface area contributed by atoms with Gasteiger partial charge in [0.05, 0.1) is 12.7 Å². The molecule has 1 aromatic heterocycles. The van der Waals surface area contributed by atoms with E-state index in [1.807, 2.05) is 18.3 Å². The first kappa shape index (κ1) is 17.1. The molecule has 0 bridgehead atoms. The van der Waals surface area contributed by atoms with E-state index >= 15 is 0 Å². The average molecular weight is 332 g/mol. The van der Waals surface area contributed by atoms with Gasteiger partial charge in [0, 0.05) is 44.7 Å². The quantitative estimate of drug-likeness (QED) is 0.767. The summed E-state index contributed by atoms with van der Waals surface area (Å²) >= 11 is 0. The van der Waals surface area contributed by atoms with Crippen molar-refractivity contribution in [3.05, 3.63) is 59.7 Å². The summed E-state index contributed by atoms with van der Waals surface area (Å²) in [6, 6.07) is 11.4. The molecular weight excluding hydrogens is 307 g/mol. The second kappa shape index (κ2) is 7.92. The zero-order valence-corrected chi connectivity index (χ0v) is 14.1. The molecule has 0 radical (unpaired) electrons. The summed E-state index contributed by atoms with van der Waals surface area (Å²) in [4.78, 5) is 2.32. The van der Waals surface area contributed by atoms with E-state index in [0.717, 1.165) is 12.1 Å². The van der Waals surface area contributed by atoms with Crippen LogP contribution in [0.3, 0.4) is 0 Å². The summed E-state index contributed by atoms with van der Waals surface area (Å²) in [6.07, 6.45) is 3.92. The molecule has 1 heterocycles. The third-order valence-electron chi connectivity index (χ3n) is 4.40. The van der Waals surface area contributed by atoms with E-state index in [-0.39, 0.29) is 5.82 Å². The molecule has 2 aromatic rings. The first-order valence-corrected chi connectivity index (χ1v) is 8.45. The van der Waals surface area contributed by atoms with Gasteiger partial charge in [-0.05, 0) is 42.7 Å². The molecule has 24 heavy (non-hydrogen) atoms. The molecule has 1 atom stereocenters. The lowest BCUT2D eigenvalue weighted by molar-refractivity contribution is 0.0332. The van der Waals surface area contributed by atoms with Gasteiger partial charge in [0.15, 0.2) is 0 Å². The molecule has 1 aliphatic rings. The molecule has 1 N–H and O–H groups in total. The van der Waals surface area contributed by atoms with Crippen LogP contribution < -0.4 is 0 Å². The van der Waals surface area contributed by atoms with Gasteiger partial charge in [-0.3, -0.25) is 4.90 Å². The fourth-order valence-electron chi connectivity index (χ4n) is 3.09. The van der Waals surface area contributed by atoms with E-state index in [1.165, 1.54) is 24.6 Å². The molecule has 0 spiro atoms. The highest BCUT2D eigenvalue weighted by Gasteiger charge is 2.30. The highest BCUT2D eigenvalue weighted by atomic mass is 19.1. The number of aliphatic hydroxyl groups is 1. The molecule has 0 amide bonds. The normalized spacial score (nSPS) is 15.8. The van der Waals surface area contributed by atoms with Crippen molar-refractivity contribution >= 4 is 0 Å². The second-order valence-corrected chi connectivity index (χ2v) is 6.53. The summed E-state index contributed by atoms with van der Waals surface area (Å²) < 4.78 is 20.6. The number of ether oxygens (including phenoxy) is 1. The van der Waals surface area contributed by atoms with Crippen molar-refractivity contribution in [1.82, 2.24) is 9.47 Å². The minimum atomic E-state index is -0.470. The molecule has 5 heteroatoms. The van der Waals surface area contributed by atoms with Crippen molar-refractivity contribution < 1.29 is 14.2 Å². The van der Waals surface area contributed by atoms with Crippen LogP contribution in [-0.4, -0.2) is 47.0 Å². The van der Waals surface area contributed by atoms with Crippen LogP contribution in [0.5, 0.6) is 0 Å². The second-order valence-electron chi connectivity index (χ2n) is 6.53. The van der Waals surface area contributed by atoms with E-state index in [0.29, 0.717) is 25.7 Å². The first-order chi connectivity index (χ1) is 11.7. The van der Waals surface area contributed by atoms with Gasteiger partial charge in [0.2, 0.25) is 0 Å². The van der Waals surface area contributed by atoms with Gasteiger partial charge >= 0.3 is 0 Å². The van der Waals surface area contributed by atoms with Crippen LogP contribution >= 0.6 is 0 Å². The number of hydrogen-bond acceptors (Lipinski definition) is 3. The number of halogens is 1. The van der Waals surface area contributed by atoms with Crippen molar-refractivity contribution in [3.63, 3.8) is 0 Å². The maximum Gasteiger partial charge on any atom is 0.123 e. The molecule has 0 aliphatic heterocycles. The maximum atomic E-state index is 13.4. The number of nitrogens with zero attached hydrogens (tertiary/aromatic N) is 2. The Morgan fingerprint density at radius 2 is 2.17 bits per heavy atom. The van der Waals surface area contributed by atoms with Gasteiger partial charge < -0.3 is 14.4 Å². The van der Waals surface area contributed by atoms with Crippen LogP contribution in [-0.2, 0) is 17.8 Å². The molecular formula is C19H25FN2O2. The largest absolute Gasteiger partial charge is 0.389 e. The van der Waals surface area contributed by atoms with E-state index in [1.54, 1.807) is 19.2 Å². The Hall–Kier alpha value is -1.69. The fraction of sp³-hybridized carbons (Fsp3) is 0.474. The maximum absolute atomic E-state index is 13.4. The molecule has 1 unspecified atom stereocenters. The van der Waals surface area contributed by atoms with Gasteiger partial charge in [0.1, 0.15) is 5.82 Å². The van der Waals surface area contributed by atoms with Crippen LogP contribution in [0, 0.1) is 5.82 Å². The summed E-state index contributed by atoms with van der Waals surface area (Å²) in [5.41, 5.74) is 2.13. The zero-order valence-electron chi connectivity index (χ0n) is 14.1. The average Bonchev–Trinajstić information content (AvgIpc) is 3.30. The van der Waals surface area contributed by atoms with Crippen LogP contribution in [0.25, 0.3) is 0 Å². The molecule has 4 nitrogen and oxygen atoms in total. The highest BCUT2D eigenvalue weighted by molar-refractivity contribution is 5.19. The Morgan fingerprint density at radius 3 is 2.88 bits per heavy atom. The standard InChI is InChI=1S/C19H25FN2O2/c1-24-14-19(23)13-22(17-7-8-17)12-18-6-3-9-21(18)11-15-4-2-5-16(20)10-15/h2-6,9-10,17,19,23H,7-8,11-14H2,1H3. The van der Waals surface area contributed by atoms with Gasteiger partial charge in [-0.15, -0.1) is 0 Å². The fourth-order valence-corrected chi connectivity index (χ4v) is 3.09. The Morgan fingerprint density at radius 1 is 1.33 bits per heavy atom. The molecule has 130 valence electrons. The Balaban J connectivity index is 1.67. The van der Waals surface area contributed by atoms with Gasteiger partial charge in [-0.25, -0.2) is 4.39 Å². The molecule has 1 saturated carbocycles. The molecule has 0 saturated heterocycles. The molecule has 1 aliphatic carbocycles. The molecule has 3 rings (SSSR count). The lowest BCUT2D eigenvalue weighted by Crippen LogP contribution is -2.36. The van der Waals surface area contributed by atoms with Gasteiger partial charge in [-0.1, -0.05) is 12.1 Å². The predicted molar refractivity (Wildman–Crippen MR) is 91.2 cm³/mol. The number of rotatable bonds is 9. The van der Waals surface area contributed by atoms with Crippen LogP contribution in [0.1, 0.15) is 24.1 Å². The van der Waals surface area contributed by atoms with Crippen LogP contribution in [0.2, 0.25) is 0 Å². The monoisotopic (exact) mass is 332 g/mol. The predicted octanol–water partition coefficient (Wildman–Crippen LogP) is 2.65. The van der Waals surface area contributed by atoms with Crippen molar-refractivity contribution in [2.45, 2.75) is 38.1 Å². The van der Waals surface area contributed by atoms with Gasteiger partial charge in [-0.2, -0.15) is 0 Å². The SMILES string of the molecule is COCC(O)CN(Cc1cccn1Cc1cccc(F)c1)C1CC1. The number of hydrogen-bond donors (Lipinski definition) is 1. The van der Waals surface area contributed by atoms with E-state index in [9.17, 15) is 9.50 Å². The topological polar surface area (TPSA) is 37.6 Å². The lowest BCUT2D eigenvalue weighted by Gasteiger charge is -2.25. The third kappa shape index (κ3) is 4.66. The molecule has 1 fully saturated rings. The van der Waals surface area contributed by atoms with Crippen molar-refractivity contribution in [1.29, 1.82) is 0 Å². The zero-order chi connectivity index (χ0) is 16.9. The molecule has 1 aromatic carbocycles. The Bertz CT molecular complexity index is 654. The number of benzene rings is 1. The number of aromatic nitrogens is 1. The van der Waals surface area contributed by atoms with Crippen LogP contribution in [0.4, 0.5) is 4.39 Å². The first-order valence-electron chi connectivity index (χ1n) is 8.45. The Labute approximate surface area is 142 Å². The summed E-state index contributed by atoms with van der Waals surface area (Å²) in [7, 11) is 1.61. The van der Waals surface area contributed by atoms with E-state index < -0.39 is 6.10 Å². The van der Waals surface area contributed by atoms with E-state index in [2.05, 4.69) is 15.5 Å². The van der Waals surface area contributed by atoms with Crippen molar-refractivity contribution in [2.75, 3.05) is 20.3 Å². The van der Waals surface area contributed by atoms with E-state index in [4.69, 9.17) is 4.74 Å². The third-order valence-corrected chi connectivity index (χ3v) is 4.40.